The summed E-state index contributed by atoms with van der Waals surface area (Å²) in [6, 6.07) is 12.4. The van der Waals surface area contributed by atoms with Gasteiger partial charge in [0.05, 0.1) is 5.56 Å². The molecule has 0 amide bonds. The number of fused-ring (bicyclic) bond motifs is 1. The Bertz CT molecular complexity index is 767. The predicted molar refractivity (Wildman–Crippen MR) is 79.2 cm³/mol. The number of carbonyl (C=O) groups is 1. The normalized spacial score (nSPS) is 10.8. The first-order valence-corrected chi connectivity index (χ1v) is 7.30. The van der Waals surface area contributed by atoms with Crippen molar-refractivity contribution in [1.29, 1.82) is 0 Å². The third-order valence-corrected chi connectivity index (χ3v) is 3.88. The van der Waals surface area contributed by atoms with E-state index in [1.807, 2.05) is 30.3 Å². The number of rotatable bonds is 3. The lowest BCUT2D eigenvalue weighted by molar-refractivity contribution is 0.0696. The minimum atomic E-state index is -0.967. The molecule has 1 N–H and O–H groups in total. The molecule has 3 aromatic rings. The van der Waals surface area contributed by atoms with Gasteiger partial charge >= 0.3 is 5.97 Å². The summed E-state index contributed by atoms with van der Waals surface area (Å²) in [5, 5.41) is 9.53. The first kappa shape index (κ1) is 13.2. The molecular weight excluding hydrogens is 342 g/mol. The van der Waals surface area contributed by atoms with Crippen molar-refractivity contribution in [1.82, 2.24) is 4.98 Å². The number of oxazole rings is 1. The Morgan fingerprint density at radius 1 is 1.25 bits per heavy atom. The molecule has 0 bridgehead atoms. The lowest BCUT2D eigenvalue weighted by atomic mass is 10.2. The van der Waals surface area contributed by atoms with Crippen molar-refractivity contribution in [3.05, 3.63) is 52.5 Å². The summed E-state index contributed by atoms with van der Waals surface area (Å²) in [7, 11) is 0. The average Bonchev–Trinajstić information content (AvgIpc) is 2.79. The monoisotopic (exact) mass is 349 g/mol. The van der Waals surface area contributed by atoms with Crippen molar-refractivity contribution in [3.63, 3.8) is 0 Å². The largest absolute Gasteiger partial charge is 0.478 e. The molecule has 0 radical (unpaired) electrons. The zero-order chi connectivity index (χ0) is 14.1. The SMILES string of the molecule is O=C(O)c1cc(Br)cc(Sc2nc3ccccc3o2)c1. The Balaban J connectivity index is 1.96. The average molecular weight is 350 g/mol. The first-order chi connectivity index (χ1) is 9.61. The van der Waals surface area contributed by atoms with E-state index in [0.717, 1.165) is 10.4 Å². The maximum Gasteiger partial charge on any atom is 0.335 e. The maximum atomic E-state index is 11.0. The summed E-state index contributed by atoms with van der Waals surface area (Å²) in [6.45, 7) is 0. The molecule has 0 saturated heterocycles. The van der Waals surface area contributed by atoms with Gasteiger partial charge in [-0.05, 0) is 42.1 Å². The Kier molecular flexibility index (Phi) is 3.50. The van der Waals surface area contributed by atoms with E-state index in [1.165, 1.54) is 11.8 Å². The molecule has 0 spiro atoms. The summed E-state index contributed by atoms with van der Waals surface area (Å²) in [5.41, 5.74) is 1.71. The fourth-order valence-corrected chi connectivity index (χ4v) is 3.23. The standard InChI is InChI=1S/C14H8BrNO3S/c15-9-5-8(13(17)18)6-10(7-9)20-14-16-11-3-1-2-4-12(11)19-14/h1-7H,(H,17,18). The van der Waals surface area contributed by atoms with E-state index in [0.29, 0.717) is 15.3 Å². The molecule has 0 atom stereocenters. The summed E-state index contributed by atoms with van der Waals surface area (Å²) < 4.78 is 6.31. The molecule has 0 aliphatic rings. The topological polar surface area (TPSA) is 63.3 Å². The molecule has 1 aromatic heterocycles. The minimum absolute atomic E-state index is 0.220. The number of hydrogen-bond donors (Lipinski definition) is 1. The van der Waals surface area contributed by atoms with E-state index in [4.69, 9.17) is 9.52 Å². The van der Waals surface area contributed by atoms with Crippen molar-refractivity contribution in [2.75, 3.05) is 0 Å². The van der Waals surface area contributed by atoms with E-state index in [-0.39, 0.29) is 5.56 Å². The molecular formula is C14H8BrNO3S. The third kappa shape index (κ3) is 2.71. The van der Waals surface area contributed by atoms with Crippen LogP contribution < -0.4 is 0 Å². The van der Waals surface area contributed by atoms with E-state index in [9.17, 15) is 4.79 Å². The number of nitrogens with zero attached hydrogens (tertiary/aromatic N) is 1. The van der Waals surface area contributed by atoms with Crippen LogP contribution in [-0.4, -0.2) is 16.1 Å². The molecule has 20 heavy (non-hydrogen) atoms. The highest BCUT2D eigenvalue weighted by atomic mass is 79.9. The Morgan fingerprint density at radius 2 is 2.05 bits per heavy atom. The zero-order valence-electron chi connectivity index (χ0n) is 10.0. The number of carboxylic acid groups (broad SMARTS) is 1. The smallest absolute Gasteiger partial charge is 0.335 e. The Labute approximate surface area is 126 Å². The van der Waals surface area contributed by atoms with Gasteiger partial charge in [-0.3, -0.25) is 0 Å². The molecule has 3 rings (SSSR count). The second-order valence-electron chi connectivity index (χ2n) is 4.03. The number of para-hydroxylation sites is 2. The summed E-state index contributed by atoms with van der Waals surface area (Å²) in [4.78, 5) is 16.1. The van der Waals surface area contributed by atoms with Crippen LogP contribution in [0.2, 0.25) is 0 Å². The highest BCUT2D eigenvalue weighted by Crippen LogP contribution is 2.32. The van der Waals surface area contributed by atoms with E-state index in [1.54, 1.807) is 12.1 Å². The molecule has 0 saturated carbocycles. The van der Waals surface area contributed by atoms with Gasteiger partial charge in [-0.15, -0.1) is 0 Å². The van der Waals surface area contributed by atoms with Gasteiger partial charge in [-0.2, -0.15) is 0 Å². The molecule has 6 heteroatoms. The zero-order valence-corrected chi connectivity index (χ0v) is 12.4. The number of halogens is 1. The first-order valence-electron chi connectivity index (χ1n) is 5.69. The highest BCUT2D eigenvalue weighted by Gasteiger charge is 2.10. The number of aromatic nitrogens is 1. The quantitative estimate of drug-likeness (QED) is 0.757. The molecule has 0 aliphatic heterocycles. The fraction of sp³-hybridized carbons (Fsp3) is 0. The van der Waals surface area contributed by atoms with Gasteiger partial charge in [0, 0.05) is 9.37 Å². The van der Waals surface area contributed by atoms with Gasteiger partial charge < -0.3 is 9.52 Å². The number of benzene rings is 2. The van der Waals surface area contributed by atoms with Crippen LogP contribution in [0, 0.1) is 0 Å². The summed E-state index contributed by atoms with van der Waals surface area (Å²) >= 11 is 4.59. The van der Waals surface area contributed by atoms with Crippen LogP contribution in [0.4, 0.5) is 0 Å². The molecule has 2 aromatic carbocycles. The lowest BCUT2D eigenvalue weighted by Gasteiger charge is -2.01. The lowest BCUT2D eigenvalue weighted by Crippen LogP contribution is -1.96. The number of carboxylic acids is 1. The molecule has 1 heterocycles. The van der Waals surface area contributed by atoms with Crippen LogP contribution in [0.15, 0.2) is 61.5 Å². The van der Waals surface area contributed by atoms with Crippen LogP contribution in [0.3, 0.4) is 0 Å². The van der Waals surface area contributed by atoms with E-state index < -0.39 is 5.97 Å². The highest BCUT2D eigenvalue weighted by molar-refractivity contribution is 9.10. The Morgan fingerprint density at radius 3 is 2.80 bits per heavy atom. The van der Waals surface area contributed by atoms with Gasteiger partial charge in [0.1, 0.15) is 5.52 Å². The van der Waals surface area contributed by atoms with Crippen LogP contribution in [-0.2, 0) is 0 Å². The van der Waals surface area contributed by atoms with Gasteiger partial charge in [-0.1, -0.05) is 28.1 Å². The molecule has 0 fully saturated rings. The van der Waals surface area contributed by atoms with Crippen molar-refractivity contribution >= 4 is 44.8 Å². The molecule has 100 valence electrons. The third-order valence-electron chi connectivity index (χ3n) is 2.60. The fourth-order valence-electron chi connectivity index (χ4n) is 1.74. The van der Waals surface area contributed by atoms with Crippen molar-refractivity contribution in [2.24, 2.45) is 0 Å². The van der Waals surface area contributed by atoms with Gasteiger partial charge in [-0.25, -0.2) is 9.78 Å². The maximum absolute atomic E-state index is 11.0. The second kappa shape index (κ2) is 5.30. The van der Waals surface area contributed by atoms with Crippen LogP contribution in [0.25, 0.3) is 11.1 Å². The van der Waals surface area contributed by atoms with Crippen LogP contribution in [0.5, 0.6) is 0 Å². The molecule has 0 aliphatic carbocycles. The molecule has 4 nitrogen and oxygen atoms in total. The van der Waals surface area contributed by atoms with E-state index >= 15 is 0 Å². The van der Waals surface area contributed by atoms with Gasteiger partial charge in [0.2, 0.25) is 0 Å². The van der Waals surface area contributed by atoms with Crippen LogP contribution in [0.1, 0.15) is 10.4 Å². The van der Waals surface area contributed by atoms with Crippen molar-refractivity contribution < 1.29 is 14.3 Å². The van der Waals surface area contributed by atoms with E-state index in [2.05, 4.69) is 20.9 Å². The Hall–Kier alpha value is -1.79. The minimum Gasteiger partial charge on any atom is -0.478 e. The summed E-state index contributed by atoms with van der Waals surface area (Å²) in [6.07, 6.45) is 0. The van der Waals surface area contributed by atoms with Gasteiger partial charge in [0.25, 0.3) is 5.22 Å². The second-order valence-corrected chi connectivity index (χ2v) is 5.97. The van der Waals surface area contributed by atoms with Crippen molar-refractivity contribution in [3.8, 4) is 0 Å². The molecule has 0 unspecified atom stereocenters. The predicted octanol–water partition coefficient (Wildman–Crippen LogP) is 4.44. The summed E-state index contributed by atoms with van der Waals surface area (Å²) in [5.74, 6) is -0.967. The van der Waals surface area contributed by atoms with Crippen LogP contribution >= 0.6 is 27.7 Å². The van der Waals surface area contributed by atoms with Gasteiger partial charge in [0.15, 0.2) is 5.58 Å². The number of hydrogen-bond acceptors (Lipinski definition) is 4. The number of aromatic carboxylic acids is 1. The van der Waals surface area contributed by atoms with Crippen molar-refractivity contribution in [2.45, 2.75) is 10.1 Å².